The van der Waals surface area contributed by atoms with Crippen LogP contribution in [0.4, 0.5) is 13.2 Å². The van der Waals surface area contributed by atoms with E-state index in [1.54, 1.807) is 0 Å². The van der Waals surface area contributed by atoms with Gasteiger partial charge in [-0.05, 0) is 12.1 Å². The predicted molar refractivity (Wildman–Crippen MR) is 48.8 cm³/mol. The molecule has 0 saturated carbocycles. The number of hydrogen-bond donors (Lipinski definition) is 0. The fraction of sp³-hybridized carbons (Fsp3) is 0.111. The average Bonchev–Trinajstić information content (AvgIpc) is 2.15. The van der Waals surface area contributed by atoms with Crippen LogP contribution in [0, 0.1) is 0 Å². The highest BCUT2D eigenvalue weighted by Crippen LogP contribution is 2.30. The Morgan fingerprint density at radius 1 is 1.53 bits per heavy atom. The van der Waals surface area contributed by atoms with Crippen molar-refractivity contribution in [3.63, 3.8) is 0 Å². The lowest BCUT2D eigenvalue weighted by atomic mass is 10.1. The van der Waals surface area contributed by atoms with Crippen LogP contribution in [-0.2, 0) is 6.18 Å². The molecule has 2 nitrogen and oxygen atoms in total. The number of carbonyl (C=O) groups excluding carboxylic acids is 1. The van der Waals surface area contributed by atoms with Gasteiger partial charge in [-0.25, -0.2) is 4.98 Å². The van der Waals surface area contributed by atoms with E-state index in [4.69, 9.17) is 11.6 Å². The molecule has 1 aromatic heterocycles. The Kier molecular flexibility index (Phi) is 3.14. The molecule has 0 fully saturated rings. The van der Waals surface area contributed by atoms with Crippen molar-refractivity contribution in [2.75, 3.05) is 0 Å². The van der Waals surface area contributed by atoms with Crippen LogP contribution in [-0.4, -0.2) is 10.8 Å². The Morgan fingerprint density at radius 3 is 2.60 bits per heavy atom. The first-order chi connectivity index (χ1) is 6.86. The summed E-state index contributed by atoms with van der Waals surface area (Å²) in [7, 11) is 0. The largest absolute Gasteiger partial charge is 0.417 e. The van der Waals surface area contributed by atoms with Crippen LogP contribution in [0.3, 0.4) is 0 Å². The molecule has 1 aromatic rings. The monoisotopic (exact) mass is 235 g/mol. The third-order valence-electron chi connectivity index (χ3n) is 1.62. The van der Waals surface area contributed by atoms with Gasteiger partial charge in [-0.3, -0.25) is 4.79 Å². The van der Waals surface area contributed by atoms with Gasteiger partial charge in [0.15, 0.2) is 5.78 Å². The van der Waals surface area contributed by atoms with Gasteiger partial charge < -0.3 is 0 Å². The molecule has 80 valence electrons. The van der Waals surface area contributed by atoms with Gasteiger partial charge in [0, 0.05) is 6.20 Å². The maximum Gasteiger partial charge on any atom is 0.417 e. The number of allylic oxidation sites excluding steroid dienone is 1. The summed E-state index contributed by atoms with van der Waals surface area (Å²) in [6, 6.07) is 0.652. The standard InChI is InChI=1S/C9H5ClF3NO/c1-2-7(15)6-3-5(9(11,12)13)4-14-8(6)10/h2-4H,1H2. The normalized spacial score (nSPS) is 11.2. The van der Waals surface area contributed by atoms with E-state index in [-0.39, 0.29) is 10.7 Å². The highest BCUT2D eigenvalue weighted by atomic mass is 35.5. The van der Waals surface area contributed by atoms with Gasteiger partial charge in [-0.1, -0.05) is 18.2 Å². The molecular formula is C9H5ClF3NO. The van der Waals surface area contributed by atoms with Crippen LogP contribution in [0.1, 0.15) is 15.9 Å². The van der Waals surface area contributed by atoms with Gasteiger partial charge in [-0.15, -0.1) is 0 Å². The molecule has 0 N–H and O–H groups in total. The predicted octanol–water partition coefficient (Wildman–Crippen LogP) is 3.12. The summed E-state index contributed by atoms with van der Waals surface area (Å²) in [5.74, 6) is -0.696. The van der Waals surface area contributed by atoms with Crippen LogP contribution >= 0.6 is 11.6 Å². The molecule has 0 aromatic carbocycles. The Morgan fingerprint density at radius 2 is 2.13 bits per heavy atom. The van der Waals surface area contributed by atoms with Crippen LogP contribution in [0.2, 0.25) is 5.15 Å². The molecular weight excluding hydrogens is 231 g/mol. The number of alkyl halides is 3. The number of carbonyl (C=O) groups is 1. The molecule has 0 aliphatic heterocycles. The molecule has 0 unspecified atom stereocenters. The summed E-state index contributed by atoms with van der Waals surface area (Å²) in [6.45, 7) is 3.15. The van der Waals surface area contributed by atoms with Crippen molar-refractivity contribution in [3.8, 4) is 0 Å². The average molecular weight is 236 g/mol. The number of pyridine rings is 1. The van der Waals surface area contributed by atoms with E-state index < -0.39 is 17.5 Å². The molecule has 0 aliphatic rings. The summed E-state index contributed by atoms with van der Waals surface area (Å²) >= 11 is 5.47. The first-order valence-corrected chi connectivity index (χ1v) is 4.13. The van der Waals surface area contributed by atoms with E-state index in [0.29, 0.717) is 12.3 Å². The first kappa shape index (κ1) is 11.7. The highest BCUT2D eigenvalue weighted by molar-refractivity contribution is 6.33. The van der Waals surface area contributed by atoms with Crippen LogP contribution in [0.5, 0.6) is 0 Å². The van der Waals surface area contributed by atoms with E-state index >= 15 is 0 Å². The summed E-state index contributed by atoms with van der Waals surface area (Å²) in [6.07, 6.45) is -3.10. The van der Waals surface area contributed by atoms with Gasteiger partial charge in [0.05, 0.1) is 11.1 Å². The van der Waals surface area contributed by atoms with Gasteiger partial charge >= 0.3 is 6.18 Å². The number of ketones is 1. The zero-order valence-corrected chi connectivity index (χ0v) is 8.06. The Balaban J connectivity index is 3.29. The van der Waals surface area contributed by atoms with E-state index in [0.717, 1.165) is 6.08 Å². The molecule has 6 heteroatoms. The molecule has 0 aliphatic carbocycles. The van der Waals surface area contributed by atoms with Gasteiger partial charge in [0.1, 0.15) is 5.15 Å². The lowest BCUT2D eigenvalue weighted by Crippen LogP contribution is -2.08. The van der Waals surface area contributed by atoms with Gasteiger partial charge in [0.25, 0.3) is 0 Å². The van der Waals surface area contributed by atoms with Crippen LogP contribution < -0.4 is 0 Å². The number of hydrogen-bond acceptors (Lipinski definition) is 2. The molecule has 0 atom stereocenters. The first-order valence-electron chi connectivity index (χ1n) is 3.75. The lowest BCUT2D eigenvalue weighted by Gasteiger charge is -2.07. The third-order valence-corrected chi connectivity index (χ3v) is 1.92. The summed E-state index contributed by atoms with van der Waals surface area (Å²) < 4.78 is 36.7. The minimum atomic E-state index is -4.55. The number of aromatic nitrogens is 1. The summed E-state index contributed by atoms with van der Waals surface area (Å²) in [5.41, 5.74) is -1.32. The van der Waals surface area contributed by atoms with Gasteiger partial charge in [0.2, 0.25) is 0 Å². The van der Waals surface area contributed by atoms with E-state index in [9.17, 15) is 18.0 Å². The van der Waals surface area contributed by atoms with Crippen molar-refractivity contribution in [3.05, 3.63) is 41.2 Å². The highest BCUT2D eigenvalue weighted by Gasteiger charge is 2.32. The second kappa shape index (κ2) is 4.02. The van der Waals surface area contributed by atoms with E-state index in [1.807, 2.05) is 0 Å². The van der Waals surface area contributed by atoms with Crippen molar-refractivity contribution in [2.24, 2.45) is 0 Å². The molecule has 0 radical (unpaired) electrons. The molecule has 0 saturated heterocycles. The molecule has 0 spiro atoms. The Labute approximate surface area is 88.4 Å². The van der Waals surface area contributed by atoms with E-state index in [2.05, 4.69) is 11.6 Å². The molecule has 1 rings (SSSR count). The number of rotatable bonds is 2. The number of halogens is 4. The molecule has 0 bridgehead atoms. The van der Waals surface area contributed by atoms with Crippen molar-refractivity contribution >= 4 is 17.4 Å². The van der Waals surface area contributed by atoms with Crippen molar-refractivity contribution in [1.82, 2.24) is 4.98 Å². The summed E-state index contributed by atoms with van der Waals surface area (Å²) in [4.78, 5) is 14.4. The topological polar surface area (TPSA) is 30.0 Å². The van der Waals surface area contributed by atoms with Crippen LogP contribution in [0.15, 0.2) is 24.9 Å². The van der Waals surface area contributed by atoms with Crippen molar-refractivity contribution < 1.29 is 18.0 Å². The Hall–Kier alpha value is -1.36. The quantitative estimate of drug-likeness (QED) is 0.448. The van der Waals surface area contributed by atoms with Crippen molar-refractivity contribution in [1.29, 1.82) is 0 Å². The minimum Gasteiger partial charge on any atom is -0.289 e. The third kappa shape index (κ3) is 2.56. The second-order valence-corrected chi connectivity index (χ2v) is 2.99. The number of nitrogens with zero attached hydrogens (tertiary/aromatic N) is 1. The second-order valence-electron chi connectivity index (χ2n) is 2.63. The van der Waals surface area contributed by atoms with Gasteiger partial charge in [-0.2, -0.15) is 13.2 Å². The maximum absolute atomic E-state index is 12.2. The maximum atomic E-state index is 12.2. The molecule has 0 amide bonds. The fourth-order valence-corrected chi connectivity index (χ4v) is 1.08. The zero-order valence-electron chi connectivity index (χ0n) is 7.31. The molecule has 1 heterocycles. The lowest BCUT2D eigenvalue weighted by molar-refractivity contribution is -0.137. The zero-order chi connectivity index (χ0) is 11.6. The van der Waals surface area contributed by atoms with E-state index in [1.165, 1.54) is 0 Å². The Bertz CT molecular complexity index is 414. The van der Waals surface area contributed by atoms with Crippen LogP contribution in [0.25, 0.3) is 0 Å². The fourth-order valence-electron chi connectivity index (χ4n) is 0.886. The molecule has 15 heavy (non-hydrogen) atoms. The minimum absolute atomic E-state index is 0.270. The summed E-state index contributed by atoms with van der Waals surface area (Å²) in [5, 5.41) is -0.270. The SMILES string of the molecule is C=CC(=O)c1cc(C(F)(F)F)cnc1Cl. The smallest absolute Gasteiger partial charge is 0.289 e. The van der Waals surface area contributed by atoms with Crippen molar-refractivity contribution in [2.45, 2.75) is 6.18 Å².